The van der Waals surface area contributed by atoms with E-state index in [4.69, 9.17) is 4.74 Å². The van der Waals surface area contributed by atoms with Gasteiger partial charge in [-0.15, -0.1) is 0 Å². The summed E-state index contributed by atoms with van der Waals surface area (Å²) in [4.78, 5) is 26.0. The third-order valence-corrected chi connectivity index (χ3v) is 5.40. The van der Waals surface area contributed by atoms with Crippen LogP contribution in [0.1, 0.15) is 21.5 Å². The topological polar surface area (TPSA) is 84.1 Å². The van der Waals surface area contributed by atoms with E-state index >= 15 is 0 Å². The van der Waals surface area contributed by atoms with Gasteiger partial charge in [-0.25, -0.2) is 0 Å². The second-order valence-corrected chi connectivity index (χ2v) is 7.32. The monoisotopic (exact) mass is 409 g/mol. The smallest absolute Gasteiger partial charge is 0.228 e. The third kappa shape index (κ3) is 3.28. The maximum Gasteiger partial charge on any atom is 0.228 e. The summed E-state index contributed by atoms with van der Waals surface area (Å²) in [5, 5.41) is 10.3. The maximum absolute atomic E-state index is 13.4. The number of rotatable bonds is 5. The summed E-state index contributed by atoms with van der Waals surface area (Å²) in [6, 6.07) is 22.4. The molecule has 0 saturated heterocycles. The first-order valence-corrected chi connectivity index (χ1v) is 9.90. The van der Waals surface area contributed by atoms with Crippen molar-refractivity contribution in [2.24, 2.45) is 0 Å². The fourth-order valence-electron chi connectivity index (χ4n) is 3.92. The number of nitrogens with one attached hydrogen (secondary N) is 2. The van der Waals surface area contributed by atoms with E-state index in [0.717, 1.165) is 16.9 Å². The SMILES string of the molecule is COc1ccc(-c2[nH]nc3c2C(=O)c2c(NC(=O)Cc4ccccc4)cccc2-3)cc1. The molecular weight excluding hydrogens is 390 g/mol. The molecule has 5 rings (SSSR count). The molecule has 31 heavy (non-hydrogen) atoms. The van der Waals surface area contributed by atoms with Gasteiger partial charge in [0.1, 0.15) is 11.4 Å². The molecule has 0 radical (unpaired) electrons. The number of nitrogens with zero attached hydrogens (tertiary/aromatic N) is 1. The molecule has 1 aliphatic carbocycles. The number of aromatic nitrogens is 2. The van der Waals surface area contributed by atoms with E-state index in [9.17, 15) is 9.59 Å². The Morgan fingerprint density at radius 3 is 2.48 bits per heavy atom. The van der Waals surface area contributed by atoms with Gasteiger partial charge in [-0.05, 0) is 35.9 Å². The van der Waals surface area contributed by atoms with E-state index in [1.54, 1.807) is 13.2 Å². The van der Waals surface area contributed by atoms with Gasteiger partial charge in [-0.1, -0.05) is 42.5 Å². The van der Waals surface area contributed by atoms with E-state index in [1.165, 1.54) is 0 Å². The zero-order valence-corrected chi connectivity index (χ0v) is 16.8. The number of methoxy groups -OCH3 is 1. The number of anilines is 1. The highest BCUT2D eigenvalue weighted by atomic mass is 16.5. The molecule has 0 spiro atoms. The highest BCUT2D eigenvalue weighted by Gasteiger charge is 2.35. The number of H-pyrrole nitrogens is 1. The molecule has 6 nitrogen and oxygen atoms in total. The highest BCUT2D eigenvalue weighted by molar-refractivity contribution is 6.27. The van der Waals surface area contributed by atoms with Crippen LogP contribution in [0.4, 0.5) is 5.69 Å². The molecule has 1 aliphatic rings. The fourth-order valence-corrected chi connectivity index (χ4v) is 3.92. The van der Waals surface area contributed by atoms with E-state index in [1.807, 2.05) is 66.7 Å². The molecule has 152 valence electrons. The number of benzene rings is 3. The number of hydrogen-bond donors (Lipinski definition) is 2. The minimum Gasteiger partial charge on any atom is -0.497 e. The average Bonchev–Trinajstić information content (AvgIpc) is 3.35. The minimum absolute atomic E-state index is 0.153. The first-order chi connectivity index (χ1) is 15.2. The van der Waals surface area contributed by atoms with Crippen LogP contribution < -0.4 is 10.1 Å². The van der Waals surface area contributed by atoms with E-state index in [-0.39, 0.29) is 18.1 Å². The second kappa shape index (κ2) is 7.57. The molecule has 0 saturated carbocycles. The molecular formula is C25H19N3O3. The highest BCUT2D eigenvalue weighted by Crippen LogP contribution is 2.43. The number of hydrogen-bond acceptors (Lipinski definition) is 4. The van der Waals surface area contributed by atoms with Crippen molar-refractivity contribution in [3.05, 3.63) is 89.5 Å². The molecule has 1 aromatic heterocycles. The molecule has 1 amide bonds. The van der Waals surface area contributed by atoms with Gasteiger partial charge in [0.2, 0.25) is 5.91 Å². The van der Waals surface area contributed by atoms with Gasteiger partial charge < -0.3 is 10.1 Å². The van der Waals surface area contributed by atoms with E-state index in [0.29, 0.717) is 33.8 Å². The number of ether oxygens (including phenoxy) is 1. The molecule has 0 unspecified atom stereocenters. The van der Waals surface area contributed by atoms with Crippen molar-refractivity contribution in [1.82, 2.24) is 10.2 Å². The van der Waals surface area contributed by atoms with Gasteiger partial charge in [0.25, 0.3) is 0 Å². The van der Waals surface area contributed by atoms with Crippen molar-refractivity contribution >= 4 is 17.4 Å². The zero-order chi connectivity index (χ0) is 21.4. The Hall–Kier alpha value is -4.19. The van der Waals surface area contributed by atoms with Crippen LogP contribution in [0.3, 0.4) is 0 Å². The third-order valence-electron chi connectivity index (χ3n) is 5.40. The molecule has 4 aromatic rings. The lowest BCUT2D eigenvalue weighted by molar-refractivity contribution is -0.115. The first-order valence-electron chi connectivity index (χ1n) is 9.90. The summed E-state index contributed by atoms with van der Waals surface area (Å²) in [6.07, 6.45) is 0.237. The van der Waals surface area contributed by atoms with Gasteiger partial charge >= 0.3 is 0 Å². The fraction of sp³-hybridized carbons (Fsp3) is 0.0800. The van der Waals surface area contributed by atoms with E-state index in [2.05, 4.69) is 15.5 Å². The number of ketones is 1. The lowest BCUT2D eigenvalue weighted by Gasteiger charge is -2.10. The summed E-state index contributed by atoms with van der Waals surface area (Å²) in [5.41, 5.74) is 5.22. The van der Waals surface area contributed by atoms with Crippen molar-refractivity contribution in [3.63, 3.8) is 0 Å². The molecule has 6 heteroatoms. The Bertz CT molecular complexity index is 1290. The van der Waals surface area contributed by atoms with Crippen molar-refractivity contribution in [2.45, 2.75) is 6.42 Å². The normalized spacial score (nSPS) is 11.7. The molecule has 2 N–H and O–H groups in total. The Balaban J connectivity index is 1.47. The van der Waals surface area contributed by atoms with Crippen LogP contribution in [0.25, 0.3) is 22.5 Å². The molecule has 1 heterocycles. The Kier molecular flexibility index (Phi) is 4.59. The Labute approximate surface area is 178 Å². The maximum atomic E-state index is 13.4. The van der Waals surface area contributed by atoms with Crippen LogP contribution >= 0.6 is 0 Å². The van der Waals surface area contributed by atoms with Crippen LogP contribution in [-0.4, -0.2) is 29.0 Å². The van der Waals surface area contributed by atoms with Crippen molar-refractivity contribution in [1.29, 1.82) is 0 Å². The van der Waals surface area contributed by atoms with Crippen LogP contribution in [-0.2, 0) is 11.2 Å². The minimum atomic E-state index is -0.172. The lowest BCUT2D eigenvalue weighted by atomic mass is 10.0. The summed E-state index contributed by atoms with van der Waals surface area (Å²) in [6.45, 7) is 0. The van der Waals surface area contributed by atoms with Crippen LogP contribution in [0.15, 0.2) is 72.8 Å². The van der Waals surface area contributed by atoms with Gasteiger partial charge in [-0.2, -0.15) is 5.10 Å². The van der Waals surface area contributed by atoms with Crippen LogP contribution in [0, 0.1) is 0 Å². The lowest BCUT2D eigenvalue weighted by Crippen LogP contribution is -2.16. The van der Waals surface area contributed by atoms with Gasteiger partial charge in [0, 0.05) is 11.1 Å². The van der Waals surface area contributed by atoms with Crippen molar-refractivity contribution in [3.8, 4) is 28.3 Å². The quantitative estimate of drug-likeness (QED) is 0.448. The number of carbonyl (C=O) groups is 2. The molecule has 0 aliphatic heterocycles. The molecule has 0 fully saturated rings. The van der Waals surface area contributed by atoms with Crippen molar-refractivity contribution < 1.29 is 14.3 Å². The predicted octanol–water partition coefficient (Wildman–Crippen LogP) is 4.48. The van der Waals surface area contributed by atoms with Crippen LogP contribution in [0.5, 0.6) is 5.75 Å². The standard InChI is InChI=1S/C25H19N3O3/c1-31-17-12-10-16(11-13-17)23-22-24(28-27-23)18-8-5-9-19(21(18)25(22)30)26-20(29)14-15-6-3-2-4-7-15/h2-13H,14H2,1H3,(H,26,29)(H,27,28). The number of aromatic amines is 1. The van der Waals surface area contributed by atoms with Gasteiger partial charge in [-0.3, -0.25) is 14.7 Å². The summed E-state index contributed by atoms with van der Waals surface area (Å²) >= 11 is 0. The summed E-state index contributed by atoms with van der Waals surface area (Å²) < 4.78 is 5.21. The van der Waals surface area contributed by atoms with E-state index < -0.39 is 0 Å². The van der Waals surface area contributed by atoms with Crippen molar-refractivity contribution in [2.75, 3.05) is 12.4 Å². The second-order valence-electron chi connectivity index (χ2n) is 7.32. The summed E-state index contributed by atoms with van der Waals surface area (Å²) in [5.74, 6) is 0.409. The van der Waals surface area contributed by atoms with Gasteiger partial charge in [0.15, 0.2) is 5.78 Å². The zero-order valence-electron chi connectivity index (χ0n) is 16.8. The molecule has 0 bridgehead atoms. The molecule has 3 aromatic carbocycles. The summed E-state index contributed by atoms with van der Waals surface area (Å²) in [7, 11) is 1.61. The predicted molar refractivity (Wildman–Crippen MR) is 118 cm³/mol. The number of fused-ring (bicyclic) bond motifs is 3. The Morgan fingerprint density at radius 2 is 1.74 bits per heavy atom. The number of amides is 1. The average molecular weight is 409 g/mol. The van der Waals surface area contributed by atoms with Crippen LogP contribution in [0.2, 0.25) is 0 Å². The first kappa shape index (κ1) is 18.8. The van der Waals surface area contributed by atoms with Gasteiger partial charge in [0.05, 0.1) is 36.0 Å². The Morgan fingerprint density at radius 1 is 0.968 bits per heavy atom. The largest absolute Gasteiger partial charge is 0.497 e. The number of carbonyl (C=O) groups excluding carboxylic acids is 2. The molecule has 0 atom stereocenters.